The molecule has 1 aromatic heterocycles. The summed E-state index contributed by atoms with van der Waals surface area (Å²) in [7, 11) is 1.41. The van der Waals surface area contributed by atoms with E-state index in [1.54, 1.807) is 12.1 Å². The molecule has 0 fully saturated rings. The summed E-state index contributed by atoms with van der Waals surface area (Å²) < 4.78 is 14.8. The molecular weight excluding hydrogens is 249 g/mol. The molecule has 0 aliphatic heterocycles. The molecule has 1 aromatic carbocycles. The Labute approximate surface area is 107 Å². The van der Waals surface area contributed by atoms with Crippen LogP contribution in [0.3, 0.4) is 0 Å². The van der Waals surface area contributed by atoms with Gasteiger partial charge in [0.2, 0.25) is 5.95 Å². The third kappa shape index (κ3) is 2.05. The number of aromatic nitrogens is 2. The van der Waals surface area contributed by atoms with Gasteiger partial charge in [-0.1, -0.05) is 12.1 Å². The summed E-state index contributed by atoms with van der Waals surface area (Å²) in [5, 5.41) is 9.06. The molecule has 0 aliphatic carbocycles. The van der Waals surface area contributed by atoms with Crippen LogP contribution < -0.4 is 16.8 Å². The topological polar surface area (TPSA) is 96.7 Å². The Bertz CT molecular complexity index is 732. The number of rotatable bonds is 2. The van der Waals surface area contributed by atoms with Crippen molar-refractivity contribution in [3.63, 3.8) is 0 Å². The van der Waals surface area contributed by atoms with Crippen LogP contribution in [0, 0.1) is 17.1 Å². The normalized spacial score (nSPS) is 10.0. The second-order valence-electron chi connectivity index (χ2n) is 3.76. The molecule has 6 nitrogen and oxygen atoms in total. The smallest absolute Gasteiger partial charge is 0.273 e. The van der Waals surface area contributed by atoms with E-state index in [0.29, 0.717) is 0 Å². The average Bonchev–Trinajstić information content (AvgIpc) is 2.42. The Balaban J connectivity index is 2.85. The highest BCUT2D eigenvalue weighted by molar-refractivity contribution is 5.67. The first kappa shape index (κ1) is 12.7. The lowest BCUT2D eigenvalue weighted by Crippen LogP contribution is -2.27. The van der Waals surface area contributed by atoms with Gasteiger partial charge in [-0.15, -0.1) is 0 Å². The van der Waals surface area contributed by atoms with Gasteiger partial charge in [-0.25, -0.2) is 15.2 Å². The van der Waals surface area contributed by atoms with E-state index < -0.39 is 11.4 Å². The lowest BCUT2D eigenvalue weighted by atomic mass is 10.1. The number of nitriles is 1. The number of halogens is 1. The molecule has 0 atom stereocenters. The van der Waals surface area contributed by atoms with Crippen molar-refractivity contribution in [1.82, 2.24) is 9.55 Å². The number of anilines is 1. The minimum absolute atomic E-state index is 0.0309. The first-order valence-electron chi connectivity index (χ1n) is 5.32. The zero-order chi connectivity index (χ0) is 14.0. The lowest BCUT2D eigenvalue weighted by molar-refractivity contribution is 0.630. The van der Waals surface area contributed by atoms with Crippen LogP contribution >= 0.6 is 0 Å². The Kier molecular flexibility index (Phi) is 3.27. The SMILES string of the molecule is Cn1c(NN)nc(-c2ccccc2F)c(C#N)c1=O. The van der Waals surface area contributed by atoms with E-state index >= 15 is 0 Å². The van der Waals surface area contributed by atoms with Gasteiger partial charge in [0.25, 0.3) is 5.56 Å². The van der Waals surface area contributed by atoms with Crippen molar-refractivity contribution >= 4 is 5.95 Å². The molecule has 0 saturated carbocycles. The molecule has 19 heavy (non-hydrogen) atoms. The van der Waals surface area contributed by atoms with Crippen molar-refractivity contribution in [2.24, 2.45) is 12.9 Å². The minimum Gasteiger partial charge on any atom is -0.294 e. The summed E-state index contributed by atoms with van der Waals surface area (Å²) in [6.45, 7) is 0. The Morgan fingerprint density at radius 3 is 2.74 bits per heavy atom. The first-order valence-corrected chi connectivity index (χ1v) is 5.32. The van der Waals surface area contributed by atoms with Crippen LogP contribution in [-0.4, -0.2) is 9.55 Å². The standard InChI is InChI=1S/C12H10FN5O/c1-18-11(19)8(6-14)10(16-12(18)17-15)7-4-2-3-5-9(7)13/h2-5H,15H2,1H3,(H,16,17). The summed E-state index contributed by atoms with van der Waals surface area (Å²) in [4.78, 5) is 16.0. The van der Waals surface area contributed by atoms with E-state index in [9.17, 15) is 9.18 Å². The van der Waals surface area contributed by atoms with Gasteiger partial charge in [0.1, 0.15) is 23.1 Å². The molecule has 3 N–H and O–H groups in total. The summed E-state index contributed by atoms with van der Waals surface area (Å²) in [5.41, 5.74) is 1.46. The van der Waals surface area contributed by atoms with Gasteiger partial charge in [-0.2, -0.15) is 5.26 Å². The van der Waals surface area contributed by atoms with Crippen molar-refractivity contribution in [2.75, 3.05) is 5.43 Å². The number of benzene rings is 1. The van der Waals surface area contributed by atoms with Gasteiger partial charge in [-0.3, -0.25) is 14.8 Å². The van der Waals surface area contributed by atoms with Crippen LogP contribution in [0.1, 0.15) is 5.56 Å². The molecule has 0 amide bonds. The second kappa shape index (κ2) is 4.88. The lowest BCUT2D eigenvalue weighted by Gasteiger charge is -2.10. The molecule has 7 heteroatoms. The number of hydrogen-bond donors (Lipinski definition) is 2. The van der Waals surface area contributed by atoms with Gasteiger partial charge in [0.15, 0.2) is 0 Å². The highest BCUT2D eigenvalue weighted by Gasteiger charge is 2.17. The monoisotopic (exact) mass is 259 g/mol. The molecule has 2 aromatic rings. The zero-order valence-electron chi connectivity index (χ0n) is 10.0. The number of nitrogen functional groups attached to an aromatic ring is 1. The summed E-state index contributed by atoms with van der Waals surface area (Å²) in [5.74, 6) is 4.72. The van der Waals surface area contributed by atoms with Gasteiger partial charge in [-0.05, 0) is 12.1 Å². The molecule has 0 aliphatic rings. The van der Waals surface area contributed by atoms with Crippen LogP contribution in [0.2, 0.25) is 0 Å². The number of nitrogens with zero attached hydrogens (tertiary/aromatic N) is 3. The van der Waals surface area contributed by atoms with E-state index in [1.165, 1.54) is 25.2 Å². The maximum atomic E-state index is 13.7. The van der Waals surface area contributed by atoms with Crippen LogP contribution in [0.15, 0.2) is 29.1 Å². The van der Waals surface area contributed by atoms with Crippen molar-refractivity contribution in [3.8, 4) is 17.3 Å². The highest BCUT2D eigenvalue weighted by atomic mass is 19.1. The van der Waals surface area contributed by atoms with E-state index in [1.807, 2.05) is 0 Å². The van der Waals surface area contributed by atoms with E-state index in [0.717, 1.165) is 4.57 Å². The molecule has 0 spiro atoms. The minimum atomic E-state index is -0.594. The molecule has 0 unspecified atom stereocenters. The summed E-state index contributed by atoms with van der Waals surface area (Å²) >= 11 is 0. The molecule has 0 saturated heterocycles. The Morgan fingerprint density at radius 1 is 1.47 bits per heavy atom. The molecule has 0 bridgehead atoms. The predicted octanol–water partition coefficient (Wildman–Crippen LogP) is 0.744. The summed E-state index contributed by atoms with van der Waals surface area (Å²) in [6, 6.07) is 7.52. The van der Waals surface area contributed by atoms with E-state index in [2.05, 4.69) is 10.4 Å². The van der Waals surface area contributed by atoms with Gasteiger partial charge >= 0.3 is 0 Å². The van der Waals surface area contributed by atoms with Crippen molar-refractivity contribution in [3.05, 3.63) is 46.0 Å². The van der Waals surface area contributed by atoms with Crippen LogP contribution in [0.25, 0.3) is 11.3 Å². The molecule has 0 radical (unpaired) electrons. The third-order valence-corrected chi connectivity index (χ3v) is 2.66. The fourth-order valence-corrected chi connectivity index (χ4v) is 1.68. The Hall–Kier alpha value is -2.72. The van der Waals surface area contributed by atoms with Crippen LogP contribution in [0.4, 0.5) is 10.3 Å². The zero-order valence-corrected chi connectivity index (χ0v) is 10.0. The number of hydrazine groups is 1. The molecule has 2 rings (SSSR count). The largest absolute Gasteiger partial charge is 0.294 e. The number of nitrogens with two attached hydrogens (primary N) is 1. The first-order chi connectivity index (χ1) is 9.10. The van der Waals surface area contributed by atoms with E-state index in [4.69, 9.17) is 11.1 Å². The maximum absolute atomic E-state index is 13.7. The number of nitrogens with one attached hydrogen (secondary N) is 1. The quantitative estimate of drug-likeness (QED) is 0.612. The molecule has 1 heterocycles. The maximum Gasteiger partial charge on any atom is 0.273 e. The van der Waals surface area contributed by atoms with Crippen LogP contribution in [0.5, 0.6) is 0 Å². The van der Waals surface area contributed by atoms with Crippen molar-refractivity contribution in [1.29, 1.82) is 5.26 Å². The predicted molar refractivity (Wildman–Crippen MR) is 67.4 cm³/mol. The van der Waals surface area contributed by atoms with Crippen molar-refractivity contribution in [2.45, 2.75) is 0 Å². The average molecular weight is 259 g/mol. The van der Waals surface area contributed by atoms with Gasteiger partial charge in [0.05, 0.1) is 0 Å². The van der Waals surface area contributed by atoms with Gasteiger partial charge in [0, 0.05) is 12.6 Å². The fraction of sp³-hybridized carbons (Fsp3) is 0.0833. The molecule has 96 valence electrons. The second-order valence-corrected chi connectivity index (χ2v) is 3.76. The Morgan fingerprint density at radius 2 is 2.16 bits per heavy atom. The fourth-order valence-electron chi connectivity index (χ4n) is 1.68. The third-order valence-electron chi connectivity index (χ3n) is 2.66. The number of hydrogen-bond acceptors (Lipinski definition) is 5. The summed E-state index contributed by atoms with van der Waals surface area (Å²) in [6.07, 6.45) is 0. The highest BCUT2D eigenvalue weighted by Crippen LogP contribution is 2.23. The van der Waals surface area contributed by atoms with Crippen LogP contribution in [-0.2, 0) is 7.05 Å². The van der Waals surface area contributed by atoms with E-state index in [-0.39, 0.29) is 22.8 Å². The van der Waals surface area contributed by atoms with Crippen molar-refractivity contribution < 1.29 is 4.39 Å². The molecular formula is C12H10FN5O. The van der Waals surface area contributed by atoms with Gasteiger partial charge < -0.3 is 0 Å².